The minimum atomic E-state index is -6.03. The van der Waals surface area contributed by atoms with Gasteiger partial charge in [-0.25, -0.2) is 4.79 Å². The molecule has 0 aliphatic carbocycles. The zero-order valence-electron chi connectivity index (χ0n) is 25.2. The van der Waals surface area contributed by atoms with Crippen molar-refractivity contribution in [2.24, 2.45) is 0 Å². The van der Waals surface area contributed by atoms with E-state index >= 15 is 0 Å². The lowest BCUT2D eigenvalue weighted by Gasteiger charge is -2.33. The van der Waals surface area contributed by atoms with Crippen LogP contribution in [0.3, 0.4) is 0 Å². The number of rotatable bonds is 8. The van der Waals surface area contributed by atoms with Crippen LogP contribution in [0, 0.1) is 0 Å². The fourth-order valence-corrected chi connectivity index (χ4v) is 5.09. The van der Waals surface area contributed by atoms with E-state index in [1.165, 1.54) is 18.3 Å². The molecule has 0 saturated carbocycles. The van der Waals surface area contributed by atoms with Gasteiger partial charge in [0, 0.05) is 17.8 Å². The number of aliphatic hydroxyl groups is 1. The molecule has 2 heterocycles. The van der Waals surface area contributed by atoms with Crippen LogP contribution in [0.15, 0.2) is 60.8 Å². The first-order chi connectivity index (χ1) is 20.7. The molecule has 0 spiro atoms. The second-order valence-corrected chi connectivity index (χ2v) is 12.1. The molecule has 1 aromatic heterocycles. The highest BCUT2D eigenvalue weighted by Gasteiger charge is 2.71. The number of carbonyl (C=O) groups is 2. The van der Waals surface area contributed by atoms with Crippen molar-refractivity contribution in [2.45, 2.75) is 82.9 Å². The van der Waals surface area contributed by atoms with Gasteiger partial charge in [-0.1, -0.05) is 64.4 Å². The molecular weight excluding hydrogens is 604 g/mol. The predicted molar refractivity (Wildman–Crippen MR) is 152 cm³/mol. The number of hydrogen-bond donors (Lipinski definition) is 2. The molecule has 0 radical (unpaired) electrons. The molecule has 7 nitrogen and oxygen atoms in total. The maximum atomic E-state index is 13.5. The van der Waals surface area contributed by atoms with Crippen LogP contribution >= 0.6 is 0 Å². The molecule has 45 heavy (non-hydrogen) atoms. The number of urea groups is 1. The third-order valence-electron chi connectivity index (χ3n) is 7.76. The Balaban J connectivity index is 1.58. The quantitative estimate of drug-likeness (QED) is 0.198. The average Bonchev–Trinajstić information content (AvgIpc) is 3.16. The van der Waals surface area contributed by atoms with Gasteiger partial charge in [-0.15, -0.1) is 0 Å². The third-order valence-corrected chi connectivity index (χ3v) is 7.76. The molecule has 2 aromatic carbocycles. The van der Waals surface area contributed by atoms with Gasteiger partial charge in [0.15, 0.2) is 0 Å². The maximum Gasteiger partial charge on any atom is 0.430 e. The second-order valence-electron chi connectivity index (χ2n) is 12.1. The first kappa shape index (κ1) is 33.8. The average molecular weight is 638 g/mol. The number of pyridine rings is 1. The second kappa shape index (κ2) is 11.7. The van der Waals surface area contributed by atoms with Crippen molar-refractivity contribution in [1.29, 1.82) is 0 Å². The van der Waals surface area contributed by atoms with Crippen molar-refractivity contribution < 1.29 is 45.8 Å². The molecule has 242 valence electrons. The Bertz CT molecular complexity index is 1570. The first-order valence-corrected chi connectivity index (χ1v) is 14.1. The van der Waals surface area contributed by atoms with Crippen LogP contribution in [0.2, 0.25) is 0 Å². The lowest BCUT2D eigenvalue weighted by molar-refractivity contribution is -0.376. The number of aryl methyl sites for hydroxylation is 1. The molecule has 1 atom stereocenters. The van der Waals surface area contributed by atoms with Gasteiger partial charge in [-0.2, -0.15) is 26.3 Å². The molecule has 2 N–H and O–H groups in total. The summed E-state index contributed by atoms with van der Waals surface area (Å²) in [5.41, 5.74) is -6.01. The van der Waals surface area contributed by atoms with E-state index in [0.29, 0.717) is 24.1 Å². The number of halogens is 6. The smallest absolute Gasteiger partial charge is 0.430 e. The topological polar surface area (TPSA) is 91.8 Å². The number of imide groups is 1. The molecule has 3 amide bonds. The van der Waals surface area contributed by atoms with Crippen molar-refractivity contribution in [3.8, 4) is 11.5 Å². The van der Waals surface area contributed by atoms with Crippen LogP contribution < -0.4 is 10.1 Å². The highest BCUT2D eigenvalue weighted by atomic mass is 19.4. The van der Waals surface area contributed by atoms with E-state index in [1.807, 2.05) is 12.1 Å². The zero-order chi connectivity index (χ0) is 33.6. The molecule has 1 unspecified atom stereocenters. The SMILES string of the molecule is CCCc1cc(C(O)(C(F)(F)F)C(F)(F)F)ccc1Oc1ccnc(CN2C(=O)NC(C)(c3ccc(C(C)(C)C)cc3)C2=O)c1. The Morgan fingerprint density at radius 3 is 2.07 bits per heavy atom. The highest BCUT2D eigenvalue weighted by molar-refractivity contribution is 6.07. The lowest BCUT2D eigenvalue weighted by atomic mass is 9.84. The largest absolute Gasteiger partial charge is 0.457 e. The van der Waals surface area contributed by atoms with E-state index in [4.69, 9.17) is 4.74 Å². The fraction of sp³-hybridized carbons (Fsp3) is 0.406. The van der Waals surface area contributed by atoms with Crippen LogP contribution in [0.25, 0.3) is 0 Å². The van der Waals surface area contributed by atoms with Crippen molar-refractivity contribution in [3.63, 3.8) is 0 Å². The molecule has 1 aliphatic rings. The number of carbonyl (C=O) groups excluding carboxylic acids is 2. The summed E-state index contributed by atoms with van der Waals surface area (Å²) in [6, 6.07) is 11.6. The Morgan fingerprint density at radius 2 is 1.51 bits per heavy atom. The summed E-state index contributed by atoms with van der Waals surface area (Å²) in [6.45, 7) is 9.21. The normalized spacial score (nSPS) is 17.9. The number of nitrogens with zero attached hydrogens (tertiary/aromatic N) is 2. The minimum Gasteiger partial charge on any atom is -0.457 e. The molecule has 1 saturated heterocycles. The number of nitrogens with one attached hydrogen (secondary N) is 1. The van der Waals surface area contributed by atoms with Gasteiger partial charge in [0.05, 0.1) is 12.2 Å². The van der Waals surface area contributed by atoms with Crippen LogP contribution in [0.5, 0.6) is 11.5 Å². The highest BCUT2D eigenvalue weighted by Crippen LogP contribution is 2.50. The number of hydrogen-bond acceptors (Lipinski definition) is 5. The number of ether oxygens (including phenoxy) is 1. The van der Waals surface area contributed by atoms with Crippen molar-refractivity contribution in [1.82, 2.24) is 15.2 Å². The van der Waals surface area contributed by atoms with Crippen LogP contribution in [-0.4, -0.2) is 39.3 Å². The van der Waals surface area contributed by atoms with Crippen LogP contribution in [-0.2, 0) is 34.3 Å². The molecular formula is C32H33F6N3O4. The summed E-state index contributed by atoms with van der Waals surface area (Å²) in [5, 5.41) is 12.6. The Kier molecular flexibility index (Phi) is 8.75. The summed E-state index contributed by atoms with van der Waals surface area (Å²) in [7, 11) is 0. The molecule has 13 heteroatoms. The van der Waals surface area contributed by atoms with E-state index in [9.17, 15) is 41.0 Å². The van der Waals surface area contributed by atoms with Gasteiger partial charge < -0.3 is 15.2 Å². The number of benzene rings is 2. The lowest BCUT2D eigenvalue weighted by Crippen LogP contribution is -2.53. The van der Waals surface area contributed by atoms with E-state index in [2.05, 4.69) is 31.1 Å². The first-order valence-electron chi connectivity index (χ1n) is 14.1. The molecule has 0 bridgehead atoms. The number of alkyl halides is 6. The van der Waals surface area contributed by atoms with Gasteiger partial charge >= 0.3 is 18.4 Å². The Morgan fingerprint density at radius 1 is 0.911 bits per heavy atom. The van der Waals surface area contributed by atoms with Crippen molar-refractivity contribution >= 4 is 11.9 Å². The molecule has 1 aliphatic heterocycles. The summed E-state index contributed by atoms with van der Waals surface area (Å²) < 4.78 is 86.6. The van der Waals surface area contributed by atoms with Crippen molar-refractivity contribution in [2.75, 3.05) is 0 Å². The monoisotopic (exact) mass is 637 g/mol. The van der Waals surface area contributed by atoms with Gasteiger partial charge in [0.25, 0.3) is 11.5 Å². The van der Waals surface area contributed by atoms with E-state index in [-0.39, 0.29) is 41.1 Å². The van der Waals surface area contributed by atoms with E-state index in [0.717, 1.165) is 16.5 Å². The summed E-state index contributed by atoms with van der Waals surface area (Å²) in [4.78, 5) is 31.6. The zero-order valence-corrected chi connectivity index (χ0v) is 25.2. The van der Waals surface area contributed by atoms with Gasteiger partial charge in [0.2, 0.25) is 0 Å². The van der Waals surface area contributed by atoms with Crippen molar-refractivity contribution in [3.05, 3.63) is 88.7 Å². The Hall–Kier alpha value is -4.13. The molecule has 3 aromatic rings. The minimum absolute atomic E-state index is 0.00244. The van der Waals surface area contributed by atoms with Gasteiger partial charge in [0.1, 0.15) is 17.0 Å². The summed E-state index contributed by atoms with van der Waals surface area (Å²) >= 11 is 0. The number of aromatic nitrogens is 1. The summed E-state index contributed by atoms with van der Waals surface area (Å²) in [5.74, 6) is -0.433. The molecule has 1 fully saturated rings. The number of amides is 3. The van der Waals surface area contributed by atoms with Gasteiger partial charge in [-0.05, 0) is 53.6 Å². The van der Waals surface area contributed by atoms with Crippen LogP contribution in [0.1, 0.15) is 69.0 Å². The Labute approximate surface area is 256 Å². The third kappa shape index (κ3) is 6.35. The van der Waals surface area contributed by atoms with Crippen LogP contribution in [0.4, 0.5) is 31.1 Å². The standard InChI is InChI=1S/C32H33F6N3O4/c1-6-7-19-16-22(30(44,31(33,34)35)32(36,37)38)12-13-25(19)45-24-14-15-39-23(17-24)18-41-26(42)29(5,40-27(41)43)21-10-8-20(9-11-21)28(2,3)4/h8-17,44H,6-7,18H2,1-5H3,(H,40,43). The molecule has 4 rings (SSSR count). The van der Waals surface area contributed by atoms with E-state index in [1.54, 1.807) is 26.0 Å². The maximum absolute atomic E-state index is 13.5. The summed E-state index contributed by atoms with van der Waals surface area (Å²) in [6.07, 6.45) is -10.3. The fourth-order valence-electron chi connectivity index (χ4n) is 5.09. The predicted octanol–water partition coefficient (Wildman–Crippen LogP) is 7.40. The van der Waals surface area contributed by atoms with Gasteiger partial charge in [-0.3, -0.25) is 14.7 Å². The van der Waals surface area contributed by atoms with E-state index < -0.39 is 41.0 Å².